The van der Waals surface area contributed by atoms with Gasteiger partial charge in [0.1, 0.15) is 17.6 Å². The number of aliphatic hydroxyl groups is 1. The molecule has 1 spiro atoms. The molecule has 4 heterocycles. The number of hydrogen-bond donors (Lipinski definition) is 1. The van der Waals surface area contributed by atoms with Crippen LogP contribution in [0.4, 0.5) is 5.69 Å². The van der Waals surface area contributed by atoms with E-state index >= 15 is 0 Å². The molecule has 2 fully saturated rings. The normalized spacial score (nSPS) is 33.4. The van der Waals surface area contributed by atoms with Crippen molar-refractivity contribution in [3.63, 3.8) is 0 Å². The smallest absolute Gasteiger partial charge is 0.313 e. The molecule has 1 aromatic carbocycles. The molecule has 0 saturated carbocycles. The van der Waals surface area contributed by atoms with Crippen LogP contribution in [-0.4, -0.2) is 70.8 Å². The fraction of sp³-hybridized carbons (Fsp3) is 0.552. The summed E-state index contributed by atoms with van der Waals surface area (Å²) in [5, 5.41) is 10.9. The van der Waals surface area contributed by atoms with Crippen LogP contribution in [-0.2, 0) is 23.9 Å². The van der Waals surface area contributed by atoms with Crippen molar-refractivity contribution in [2.75, 3.05) is 24.7 Å². The Hall–Kier alpha value is -2.68. The van der Waals surface area contributed by atoms with Gasteiger partial charge in [-0.1, -0.05) is 61.9 Å². The minimum absolute atomic E-state index is 0.148. The van der Waals surface area contributed by atoms with Crippen molar-refractivity contribution >= 4 is 35.1 Å². The highest BCUT2D eigenvalue weighted by atomic mass is 35.5. The molecule has 2 saturated heterocycles. The summed E-state index contributed by atoms with van der Waals surface area (Å²) in [5.41, 5.74) is -1.18. The van der Waals surface area contributed by atoms with Crippen LogP contribution in [0.15, 0.2) is 42.5 Å². The zero-order valence-corrected chi connectivity index (χ0v) is 23.0. The Kier molecular flexibility index (Phi) is 6.95. The van der Waals surface area contributed by atoms with Crippen molar-refractivity contribution in [2.24, 2.45) is 17.8 Å². The Bertz CT molecular complexity index is 1190. The van der Waals surface area contributed by atoms with Gasteiger partial charge in [0.2, 0.25) is 5.91 Å². The highest BCUT2D eigenvalue weighted by Crippen LogP contribution is 2.58. The summed E-state index contributed by atoms with van der Waals surface area (Å²) < 4.78 is 12.3. The second-order valence-corrected chi connectivity index (χ2v) is 11.7. The molecule has 38 heavy (non-hydrogen) atoms. The van der Waals surface area contributed by atoms with Crippen molar-refractivity contribution in [2.45, 2.75) is 63.8 Å². The van der Waals surface area contributed by atoms with Crippen molar-refractivity contribution < 1.29 is 29.0 Å². The molecule has 1 N–H and O–H groups in total. The standard InChI is InChI=1S/C29H35ClN2O6/c1-17(2)15-19(16-33)32-24-26(35)31(23-18(3)9-7-10-20(23)30)13-8-12-29(24)21(25(32)34)22-27(36)37-14-6-5-11-28(22,4)38-29/h5,7-12,17,19,21-22,24,33H,6,13-16H2,1-4H3/t19-,21+,22-,24?,28+,29+/m1/s1. The number of likely N-dealkylation sites (tertiary alicyclic amines) is 1. The van der Waals surface area contributed by atoms with Gasteiger partial charge in [-0.3, -0.25) is 14.4 Å². The van der Waals surface area contributed by atoms with E-state index in [0.29, 0.717) is 23.6 Å². The number of hydrogen-bond acceptors (Lipinski definition) is 6. The van der Waals surface area contributed by atoms with Crippen molar-refractivity contribution in [1.82, 2.24) is 4.90 Å². The lowest BCUT2D eigenvalue weighted by Gasteiger charge is -2.40. The first-order valence-electron chi connectivity index (χ1n) is 13.3. The van der Waals surface area contributed by atoms with Crippen LogP contribution in [0.25, 0.3) is 0 Å². The fourth-order valence-corrected chi connectivity index (χ4v) is 7.13. The summed E-state index contributed by atoms with van der Waals surface area (Å²) in [6.45, 7) is 7.76. The first kappa shape index (κ1) is 26.9. The predicted molar refractivity (Wildman–Crippen MR) is 143 cm³/mol. The number of carbonyl (C=O) groups is 3. The van der Waals surface area contributed by atoms with Gasteiger partial charge in [-0.2, -0.15) is 0 Å². The Balaban J connectivity index is 1.70. The second kappa shape index (κ2) is 9.81. The largest absolute Gasteiger partial charge is 0.465 e. The third kappa shape index (κ3) is 4.00. The highest BCUT2D eigenvalue weighted by Gasteiger charge is 2.75. The van der Waals surface area contributed by atoms with Gasteiger partial charge < -0.3 is 24.4 Å². The molecule has 0 aliphatic carbocycles. The van der Waals surface area contributed by atoms with E-state index < -0.39 is 41.1 Å². The lowest BCUT2D eigenvalue weighted by Crippen LogP contribution is -2.59. The quantitative estimate of drug-likeness (QED) is 0.452. The molecule has 6 atom stereocenters. The van der Waals surface area contributed by atoms with E-state index in [2.05, 4.69) is 0 Å². The van der Waals surface area contributed by atoms with E-state index in [1.807, 2.05) is 51.1 Å². The average Bonchev–Trinajstić information content (AvgIpc) is 3.17. The van der Waals surface area contributed by atoms with E-state index in [-0.39, 0.29) is 37.5 Å². The number of halogens is 1. The minimum Gasteiger partial charge on any atom is -0.465 e. The van der Waals surface area contributed by atoms with E-state index in [1.54, 1.807) is 24.0 Å². The summed E-state index contributed by atoms with van der Waals surface area (Å²) in [7, 11) is 0. The SMILES string of the molecule is Cc1cccc(Cl)c1N1CC=C[C@]23O[C@@]4(C)C=CCCOC(=O)[C@H]4[C@H]2C(=O)N([C@@H](CO)CC(C)C)C3C1=O. The molecule has 0 aromatic heterocycles. The number of benzene rings is 1. The van der Waals surface area contributed by atoms with Gasteiger partial charge in [0.15, 0.2) is 0 Å². The molecule has 1 unspecified atom stereocenters. The Labute approximate surface area is 228 Å². The van der Waals surface area contributed by atoms with Crippen molar-refractivity contribution in [3.8, 4) is 0 Å². The number of aliphatic hydroxyl groups excluding tert-OH is 1. The van der Waals surface area contributed by atoms with E-state index in [0.717, 1.165) is 5.56 Å². The number of carbonyl (C=O) groups excluding carboxylic acids is 3. The van der Waals surface area contributed by atoms with Crippen LogP contribution in [0, 0.1) is 24.7 Å². The summed E-state index contributed by atoms with van der Waals surface area (Å²) in [6, 6.07) is 3.70. The van der Waals surface area contributed by atoms with Crippen LogP contribution >= 0.6 is 11.6 Å². The maximum Gasteiger partial charge on any atom is 0.313 e. The van der Waals surface area contributed by atoms with Crippen LogP contribution < -0.4 is 4.90 Å². The number of nitrogens with zero attached hydrogens (tertiary/aromatic N) is 2. The Morgan fingerprint density at radius 3 is 2.58 bits per heavy atom. The van der Waals surface area contributed by atoms with Crippen LogP contribution in [0.1, 0.15) is 39.2 Å². The van der Waals surface area contributed by atoms with Gasteiger partial charge in [-0.15, -0.1) is 0 Å². The van der Waals surface area contributed by atoms with Crippen molar-refractivity contribution in [3.05, 3.63) is 53.1 Å². The van der Waals surface area contributed by atoms with E-state index in [4.69, 9.17) is 21.1 Å². The third-order valence-electron chi connectivity index (χ3n) is 8.26. The summed E-state index contributed by atoms with van der Waals surface area (Å²) in [4.78, 5) is 45.4. The van der Waals surface area contributed by atoms with Gasteiger partial charge in [0.05, 0.1) is 41.5 Å². The number of amides is 2. The molecule has 8 nitrogen and oxygen atoms in total. The average molecular weight is 543 g/mol. The van der Waals surface area contributed by atoms with Gasteiger partial charge in [0.25, 0.3) is 5.91 Å². The van der Waals surface area contributed by atoms with E-state index in [9.17, 15) is 19.5 Å². The molecule has 0 bridgehead atoms. The molecular formula is C29H35ClN2O6. The zero-order chi connectivity index (χ0) is 27.4. The van der Waals surface area contributed by atoms with Crippen LogP contribution in [0.3, 0.4) is 0 Å². The Morgan fingerprint density at radius 1 is 1.13 bits per heavy atom. The van der Waals surface area contributed by atoms with Gasteiger partial charge in [-0.05, 0) is 44.2 Å². The number of para-hydroxylation sites is 1. The molecule has 2 amide bonds. The highest BCUT2D eigenvalue weighted by molar-refractivity contribution is 6.34. The summed E-state index contributed by atoms with van der Waals surface area (Å²) >= 11 is 6.59. The number of cyclic esters (lactones) is 1. The molecule has 5 rings (SSSR count). The van der Waals surface area contributed by atoms with E-state index in [1.165, 1.54) is 4.90 Å². The molecule has 1 aromatic rings. The Morgan fingerprint density at radius 2 is 1.89 bits per heavy atom. The first-order valence-corrected chi connectivity index (χ1v) is 13.6. The molecule has 204 valence electrons. The number of rotatable bonds is 5. The molecular weight excluding hydrogens is 508 g/mol. The predicted octanol–water partition coefficient (Wildman–Crippen LogP) is 3.43. The molecule has 9 heteroatoms. The molecule has 0 radical (unpaired) electrons. The maximum atomic E-state index is 14.6. The lowest BCUT2D eigenvalue weighted by atomic mass is 9.74. The zero-order valence-electron chi connectivity index (χ0n) is 22.2. The lowest BCUT2D eigenvalue weighted by molar-refractivity contribution is -0.160. The summed E-state index contributed by atoms with van der Waals surface area (Å²) in [5.74, 6) is -3.04. The van der Waals surface area contributed by atoms with Gasteiger partial charge in [-0.25, -0.2) is 0 Å². The van der Waals surface area contributed by atoms with Gasteiger partial charge >= 0.3 is 5.97 Å². The molecule has 4 aliphatic rings. The fourth-order valence-electron chi connectivity index (χ4n) is 6.81. The minimum atomic E-state index is -1.42. The van der Waals surface area contributed by atoms with Crippen LogP contribution in [0.5, 0.6) is 0 Å². The number of anilines is 1. The van der Waals surface area contributed by atoms with Crippen molar-refractivity contribution in [1.29, 1.82) is 0 Å². The monoisotopic (exact) mass is 542 g/mol. The number of esters is 1. The number of fused-ring (bicyclic) bond motifs is 2. The third-order valence-corrected chi connectivity index (χ3v) is 8.57. The number of aryl methyl sites for hydroxylation is 1. The van der Waals surface area contributed by atoms with Crippen LogP contribution in [0.2, 0.25) is 5.02 Å². The van der Waals surface area contributed by atoms with Gasteiger partial charge in [0, 0.05) is 6.54 Å². The maximum absolute atomic E-state index is 14.6. The topological polar surface area (TPSA) is 96.4 Å². The first-order chi connectivity index (χ1) is 18.1. The second-order valence-electron chi connectivity index (χ2n) is 11.3. The number of ether oxygens (including phenoxy) is 2. The molecule has 4 aliphatic heterocycles. The summed E-state index contributed by atoms with van der Waals surface area (Å²) in [6.07, 6.45) is 8.34.